The van der Waals surface area contributed by atoms with E-state index < -0.39 is 0 Å². The average Bonchev–Trinajstić information content (AvgIpc) is 2.87. The summed E-state index contributed by atoms with van der Waals surface area (Å²) in [5.74, 6) is 1.60. The fourth-order valence-corrected chi connectivity index (χ4v) is 4.68. The lowest BCUT2D eigenvalue weighted by molar-refractivity contribution is -0.123. The maximum absolute atomic E-state index is 11.7. The van der Waals surface area contributed by atoms with Crippen LogP contribution in [0.5, 0.6) is 17.2 Å². The number of carbonyl (C=O) groups excluding carboxylic acids is 2. The number of amides is 1. The van der Waals surface area contributed by atoms with Crippen molar-refractivity contribution in [3.8, 4) is 17.2 Å². The van der Waals surface area contributed by atoms with Crippen molar-refractivity contribution in [3.05, 3.63) is 46.5 Å². The Labute approximate surface area is 211 Å². The number of ether oxygens (including phenoxy) is 3. The largest absolute Gasteiger partial charge is 0.497 e. The van der Waals surface area contributed by atoms with E-state index in [9.17, 15) is 9.59 Å². The van der Waals surface area contributed by atoms with Gasteiger partial charge in [0.2, 0.25) is 5.91 Å². The molecule has 1 atom stereocenters. The molecule has 0 bridgehead atoms. The van der Waals surface area contributed by atoms with Crippen molar-refractivity contribution in [2.75, 3.05) is 33.0 Å². The van der Waals surface area contributed by atoms with Crippen LogP contribution in [0.1, 0.15) is 49.3 Å². The van der Waals surface area contributed by atoms with E-state index in [1.54, 1.807) is 26.4 Å². The number of rotatable bonds is 12. The molecule has 1 aliphatic rings. The van der Waals surface area contributed by atoms with Crippen molar-refractivity contribution in [1.29, 1.82) is 0 Å². The zero-order valence-electron chi connectivity index (χ0n) is 20.3. The van der Waals surface area contributed by atoms with Crippen LogP contribution in [0.25, 0.3) is 0 Å². The SMILES string of the molecule is COc1cc(COc2cc(N)c(Cl)cc2C(CCCC=O)N2CCC(C(N)=O)CC2)cc(OC)c1. The molecule has 0 radical (unpaired) electrons. The molecule has 0 spiro atoms. The van der Waals surface area contributed by atoms with Crippen molar-refractivity contribution < 1.29 is 23.8 Å². The summed E-state index contributed by atoms with van der Waals surface area (Å²) in [6.45, 7) is 1.70. The summed E-state index contributed by atoms with van der Waals surface area (Å²) in [5.41, 5.74) is 13.9. The second-order valence-corrected chi connectivity index (χ2v) is 9.15. The summed E-state index contributed by atoms with van der Waals surface area (Å²) in [7, 11) is 3.20. The standard InChI is InChI=1S/C26H34ClN3O5/c1-33-19-11-17(12-20(13-19)34-2)16-35-25-15-23(28)22(27)14-21(25)24(5-3-4-10-31)30-8-6-18(7-9-30)26(29)32/h10-15,18,24H,3-9,16,28H2,1-2H3,(H2,29,32). The topological polar surface area (TPSA) is 117 Å². The lowest BCUT2D eigenvalue weighted by Gasteiger charge is -2.38. The summed E-state index contributed by atoms with van der Waals surface area (Å²) in [4.78, 5) is 25.0. The molecule has 4 N–H and O–H groups in total. The Kier molecular flexibility index (Phi) is 9.63. The molecule has 1 amide bonds. The molecule has 0 aromatic heterocycles. The first-order chi connectivity index (χ1) is 16.9. The number of unbranched alkanes of at least 4 members (excludes halogenated alkanes) is 1. The smallest absolute Gasteiger partial charge is 0.220 e. The Morgan fingerprint density at radius 2 is 1.80 bits per heavy atom. The second kappa shape index (κ2) is 12.7. The number of nitrogens with zero attached hydrogens (tertiary/aromatic N) is 1. The van der Waals surface area contributed by atoms with E-state index >= 15 is 0 Å². The van der Waals surface area contributed by atoms with Crippen molar-refractivity contribution in [2.45, 2.75) is 44.8 Å². The van der Waals surface area contributed by atoms with Gasteiger partial charge in [0.1, 0.15) is 30.1 Å². The first kappa shape index (κ1) is 26.6. The highest BCUT2D eigenvalue weighted by Gasteiger charge is 2.30. The minimum atomic E-state index is -0.254. The van der Waals surface area contributed by atoms with Crippen molar-refractivity contribution in [2.24, 2.45) is 11.7 Å². The highest BCUT2D eigenvalue weighted by Crippen LogP contribution is 2.40. The number of primary amides is 1. The number of carbonyl (C=O) groups is 2. The molecule has 1 saturated heterocycles. The normalized spacial score (nSPS) is 15.4. The van der Waals surface area contributed by atoms with E-state index in [0.29, 0.717) is 60.3 Å². The lowest BCUT2D eigenvalue weighted by atomic mass is 9.91. The van der Waals surface area contributed by atoms with Crippen LogP contribution < -0.4 is 25.7 Å². The summed E-state index contributed by atoms with van der Waals surface area (Å²) in [6, 6.07) is 9.13. The third kappa shape index (κ3) is 7.02. The molecule has 35 heavy (non-hydrogen) atoms. The molecule has 2 aromatic carbocycles. The Morgan fingerprint density at radius 3 is 2.37 bits per heavy atom. The van der Waals surface area contributed by atoms with Crippen molar-refractivity contribution in [3.63, 3.8) is 0 Å². The number of hydrogen-bond acceptors (Lipinski definition) is 7. The molecular formula is C26H34ClN3O5. The van der Waals surface area contributed by atoms with Gasteiger partial charge in [0, 0.05) is 36.1 Å². The van der Waals surface area contributed by atoms with Crippen LogP contribution in [-0.4, -0.2) is 44.4 Å². The van der Waals surface area contributed by atoms with Gasteiger partial charge in [-0.25, -0.2) is 0 Å². The van der Waals surface area contributed by atoms with Crippen LogP contribution >= 0.6 is 11.6 Å². The zero-order chi connectivity index (χ0) is 25.4. The van der Waals surface area contributed by atoms with Crippen LogP contribution in [0.15, 0.2) is 30.3 Å². The Morgan fingerprint density at radius 1 is 1.14 bits per heavy atom. The van der Waals surface area contributed by atoms with Gasteiger partial charge < -0.3 is 30.5 Å². The first-order valence-electron chi connectivity index (χ1n) is 11.8. The van der Waals surface area contributed by atoms with Crippen molar-refractivity contribution >= 4 is 29.5 Å². The van der Waals surface area contributed by atoms with Gasteiger partial charge in [-0.1, -0.05) is 11.6 Å². The minimum absolute atomic E-state index is 0.0447. The van der Waals surface area contributed by atoms with E-state index in [2.05, 4.69) is 4.90 Å². The first-order valence-corrected chi connectivity index (χ1v) is 12.1. The lowest BCUT2D eigenvalue weighted by Crippen LogP contribution is -2.40. The number of nitrogen functional groups attached to an aromatic ring is 1. The predicted molar refractivity (Wildman–Crippen MR) is 136 cm³/mol. The second-order valence-electron chi connectivity index (χ2n) is 8.75. The molecule has 2 aromatic rings. The number of halogens is 1. The molecular weight excluding hydrogens is 470 g/mol. The number of methoxy groups -OCH3 is 2. The molecule has 8 nitrogen and oxygen atoms in total. The van der Waals surface area contributed by atoms with Gasteiger partial charge in [0.25, 0.3) is 0 Å². The van der Waals surface area contributed by atoms with Gasteiger partial charge in [-0.15, -0.1) is 0 Å². The fourth-order valence-electron chi connectivity index (χ4n) is 4.51. The van der Waals surface area contributed by atoms with Gasteiger partial charge in [-0.2, -0.15) is 0 Å². The zero-order valence-corrected chi connectivity index (χ0v) is 21.1. The fraction of sp³-hybridized carbons (Fsp3) is 0.462. The molecule has 190 valence electrons. The molecule has 9 heteroatoms. The molecule has 1 fully saturated rings. The molecule has 0 aliphatic carbocycles. The van der Waals surface area contributed by atoms with Crippen LogP contribution in [0.2, 0.25) is 5.02 Å². The summed E-state index contributed by atoms with van der Waals surface area (Å²) in [5, 5.41) is 0.447. The molecule has 0 saturated carbocycles. The third-order valence-electron chi connectivity index (χ3n) is 6.47. The van der Waals surface area contributed by atoms with Crippen LogP contribution in [0.3, 0.4) is 0 Å². The molecule has 3 rings (SSSR count). The third-order valence-corrected chi connectivity index (χ3v) is 6.79. The van der Waals surface area contributed by atoms with Gasteiger partial charge >= 0.3 is 0 Å². The highest BCUT2D eigenvalue weighted by molar-refractivity contribution is 6.33. The number of aldehydes is 1. The van der Waals surface area contributed by atoms with Gasteiger partial charge in [0.05, 0.1) is 24.9 Å². The van der Waals surface area contributed by atoms with Gasteiger partial charge in [-0.05, 0) is 62.5 Å². The quantitative estimate of drug-likeness (QED) is 0.254. The predicted octanol–water partition coefficient (Wildman–Crippen LogP) is 4.13. The molecule has 1 unspecified atom stereocenters. The minimum Gasteiger partial charge on any atom is -0.497 e. The Bertz CT molecular complexity index is 1000. The van der Waals surface area contributed by atoms with E-state index in [4.69, 9.17) is 37.3 Å². The van der Waals surface area contributed by atoms with Crippen molar-refractivity contribution in [1.82, 2.24) is 4.90 Å². The number of hydrogen-bond donors (Lipinski definition) is 2. The molecule has 1 heterocycles. The monoisotopic (exact) mass is 503 g/mol. The number of likely N-dealkylation sites (tertiary alicyclic amines) is 1. The number of anilines is 1. The average molecular weight is 504 g/mol. The Balaban J connectivity index is 1.89. The summed E-state index contributed by atoms with van der Waals surface area (Å²) >= 11 is 6.44. The maximum atomic E-state index is 11.7. The van der Waals surface area contributed by atoms with Crippen LogP contribution in [-0.2, 0) is 16.2 Å². The maximum Gasteiger partial charge on any atom is 0.220 e. The van der Waals surface area contributed by atoms with E-state index in [1.807, 2.05) is 18.2 Å². The van der Waals surface area contributed by atoms with Gasteiger partial charge in [-0.3, -0.25) is 9.69 Å². The Hall–Kier alpha value is -2.97. The van der Waals surface area contributed by atoms with Gasteiger partial charge in [0.15, 0.2) is 0 Å². The van der Waals surface area contributed by atoms with E-state index in [0.717, 1.165) is 30.3 Å². The van der Waals surface area contributed by atoms with E-state index in [-0.39, 0.29) is 24.5 Å². The van der Waals surface area contributed by atoms with E-state index in [1.165, 1.54) is 0 Å². The number of piperidine rings is 1. The highest BCUT2D eigenvalue weighted by atomic mass is 35.5. The summed E-state index contributed by atoms with van der Waals surface area (Å²) < 4.78 is 17.0. The van der Waals surface area contributed by atoms with Crippen LogP contribution in [0, 0.1) is 5.92 Å². The number of benzene rings is 2. The summed E-state index contributed by atoms with van der Waals surface area (Å²) in [6.07, 6.45) is 4.25. The number of nitrogens with two attached hydrogens (primary N) is 2. The molecule has 1 aliphatic heterocycles. The van der Waals surface area contributed by atoms with Crippen LogP contribution in [0.4, 0.5) is 5.69 Å².